The first kappa shape index (κ1) is 23.5. The van der Waals surface area contributed by atoms with Crippen LogP contribution in [-0.2, 0) is 14.6 Å². The molecule has 0 aliphatic rings. The second-order valence-electron chi connectivity index (χ2n) is 6.81. The van der Waals surface area contributed by atoms with E-state index in [9.17, 15) is 22.0 Å². The highest BCUT2D eigenvalue weighted by Gasteiger charge is 2.36. The molecule has 1 N–H and O–H groups in total. The molecule has 0 radical (unpaired) electrons. The van der Waals surface area contributed by atoms with E-state index in [0.717, 1.165) is 42.6 Å². The van der Waals surface area contributed by atoms with Gasteiger partial charge in [0.25, 0.3) is 0 Å². The van der Waals surface area contributed by atoms with Gasteiger partial charge >= 0.3 is 5.97 Å². The lowest BCUT2D eigenvalue weighted by atomic mass is 10.1. The van der Waals surface area contributed by atoms with E-state index in [1.165, 1.54) is 19.1 Å². The number of hydrogen-bond acceptors (Lipinski definition) is 4. The summed E-state index contributed by atoms with van der Waals surface area (Å²) in [6.07, 6.45) is 2.18. The third-order valence-electron chi connectivity index (χ3n) is 4.55. The largest absolute Gasteiger partial charge is 0.478 e. The van der Waals surface area contributed by atoms with Crippen molar-refractivity contribution in [2.45, 2.75) is 17.1 Å². The van der Waals surface area contributed by atoms with Crippen LogP contribution in [0.3, 0.4) is 0 Å². The first-order chi connectivity index (χ1) is 15.0. The zero-order valence-electron chi connectivity index (χ0n) is 16.4. The Bertz CT molecular complexity index is 1330. The number of aromatic nitrogens is 1. The minimum atomic E-state index is -4.51. The molecule has 0 amide bonds. The summed E-state index contributed by atoms with van der Waals surface area (Å²) >= 11 is 5.80. The minimum absolute atomic E-state index is 0.0495. The van der Waals surface area contributed by atoms with Crippen molar-refractivity contribution < 1.29 is 31.5 Å². The topological polar surface area (TPSA) is 84.3 Å². The van der Waals surface area contributed by atoms with Crippen LogP contribution in [0.25, 0.3) is 6.08 Å². The van der Waals surface area contributed by atoms with Gasteiger partial charge in [-0.2, -0.15) is 0 Å². The van der Waals surface area contributed by atoms with Crippen LogP contribution >= 0.6 is 11.6 Å². The van der Waals surface area contributed by atoms with Crippen molar-refractivity contribution in [3.05, 3.63) is 99.6 Å². The van der Waals surface area contributed by atoms with E-state index in [2.05, 4.69) is 4.98 Å². The van der Waals surface area contributed by atoms with Gasteiger partial charge in [0, 0.05) is 22.4 Å². The first-order valence-corrected chi connectivity index (χ1v) is 10.9. The third-order valence-corrected chi connectivity index (χ3v) is 6.83. The molecular formula is C22H15ClF3NO4S. The van der Waals surface area contributed by atoms with Crippen LogP contribution in [0.5, 0.6) is 0 Å². The van der Waals surface area contributed by atoms with E-state index < -0.39 is 49.8 Å². The molecule has 3 aromatic rings. The number of sulfone groups is 1. The normalized spacial score (nSPS) is 13.1. The zero-order valence-corrected chi connectivity index (χ0v) is 18.0. The molecule has 2 aromatic carbocycles. The number of carboxylic acids is 1. The van der Waals surface area contributed by atoms with Crippen molar-refractivity contribution in [3.8, 4) is 0 Å². The van der Waals surface area contributed by atoms with Crippen molar-refractivity contribution in [2.75, 3.05) is 0 Å². The minimum Gasteiger partial charge on any atom is -0.478 e. The zero-order chi connectivity index (χ0) is 23.6. The van der Waals surface area contributed by atoms with Crippen LogP contribution in [0.2, 0.25) is 5.02 Å². The summed E-state index contributed by atoms with van der Waals surface area (Å²) in [6.45, 7) is 1.28. The summed E-state index contributed by atoms with van der Waals surface area (Å²) in [5.41, 5.74) is -1.36. The van der Waals surface area contributed by atoms with E-state index in [0.29, 0.717) is 6.07 Å². The van der Waals surface area contributed by atoms with Crippen molar-refractivity contribution >= 4 is 33.5 Å². The smallest absolute Gasteiger partial charge is 0.331 e. The maximum atomic E-state index is 15.0. The number of rotatable bonds is 6. The molecule has 0 bridgehead atoms. The van der Waals surface area contributed by atoms with Crippen molar-refractivity contribution in [3.63, 3.8) is 0 Å². The summed E-state index contributed by atoms with van der Waals surface area (Å²) in [6, 6.07) is 7.98. The molecule has 32 heavy (non-hydrogen) atoms. The Kier molecular flexibility index (Phi) is 6.71. The van der Waals surface area contributed by atoms with E-state index in [-0.39, 0.29) is 21.1 Å². The average Bonchev–Trinajstić information content (AvgIpc) is 2.72. The fourth-order valence-electron chi connectivity index (χ4n) is 2.98. The number of benzene rings is 2. The van der Waals surface area contributed by atoms with Gasteiger partial charge in [0.15, 0.2) is 9.84 Å². The molecule has 3 rings (SSSR count). The van der Waals surface area contributed by atoms with Gasteiger partial charge in [-0.15, -0.1) is 0 Å². The SMILES string of the molecule is C/C(=C\c1cnc(C(c2cc(F)ccc2F)S(=O)(=O)c2ccc(Cl)cc2)c(F)c1)C(=O)O. The van der Waals surface area contributed by atoms with E-state index >= 15 is 4.39 Å². The molecule has 0 aliphatic heterocycles. The van der Waals surface area contributed by atoms with Crippen LogP contribution in [0, 0.1) is 17.5 Å². The molecule has 0 saturated carbocycles. The van der Waals surface area contributed by atoms with Gasteiger partial charge < -0.3 is 5.11 Å². The Morgan fingerprint density at radius 2 is 1.72 bits per heavy atom. The second-order valence-corrected chi connectivity index (χ2v) is 9.28. The number of aliphatic carboxylic acids is 1. The standard InChI is InChI=1S/C22H15ClF3NO4S/c1-12(22(28)29)8-13-9-19(26)20(27-11-13)21(17-10-15(24)4-7-18(17)25)32(30,31)16-5-2-14(23)3-6-16/h2-11,21H,1H3,(H,28,29)/b12-8+. The van der Waals surface area contributed by atoms with Gasteiger partial charge in [-0.05, 0) is 67.1 Å². The van der Waals surface area contributed by atoms with Crippen LogP contribution < -0.4 is 0 Å². The molecule has 0 spiro atoms. The molecule has 1 unspecified atom stereocenters. The summed E-state index contributed by atoms with van der Waals surface area (Å²) in [5, 5.41) is 7.19. The van der Waals surface area contributed by atoms with Gasteiger partial charge in [-0.25, -0.2) is 26.4 Å². The lowest BCUT2D eigenvalue weighted by molar-refractivity contribution is -0.132. The van der Waals surface area contributed by atoms with Crippen LogP contribution in [0.1, 0.15) is 29.0 Å². The Hall–Kier alpha value is -3.17. The quantitative estimate of drug-likeness (QED) is 0.489. The fraction of sp³-hybridized carbons (Fsp3) is 0.0909. The van der Waals surface area contributed by atoms with Crippen molar-refractivity contribution in [1.82, 2.24) is 4.98 Å². The Labute approximate surface area is 186 Å². The van der Waals surface area contributed by atoms with E-state index in [1.807, 2.05) is 0 Å². The molecule has 5 nitrogen and oxygen atoms in total. The second kappa shape index (κ2) is 9.13. The number of halogens is 4. The van der Waals surface area contributed by atoms with Gasteiger partial charge in [-0.1, -0.05) is 11.6 Å². The lowest BCUT2D eigenvalue weighted by Crippen LogP contribution is -2.19. The maximum absolute atomic E-state index is 15.0. The number of pyridine rings is 1. The highest BCUT2D eigenvalue weighted by Crippen LogP contribution is 2.37. The highest BCUT2D eigenvalue weighted by atomic mass is 35.5. The Morgan fingerprint density at radius 3 is 2.31 bits per heavy atom. The monoisotopic (exact) mass is 481 g/mol. The first-order valence-electron chi connectivity index (χ1n) is 9.02. The van der Waals surface area contributed by atoms with Gasteiger partial charge in [0.05, 0.1) is 10.6 Å². The summed E-state index contributed by atoms with van der Waals surface area (Å²) < 4.78 is 70.3. The maximum Gasteiger partial charge on any atom is 0.331 e. The van der Waals surface area contributed by atoms with Crippen molar-refractivity contribution in [1.29, 1.82) is 0 Å². The molecule has 0 aliphatic carbocycles. The predicted octanol–water partition coefficient (Wildman–Crippen LogP) is 5.20. The molecule has 1 aromatic heterocycles. The number of nitrogens with zero attached hydrogens (tertiary/aromatic N) is 1. The van der Waals surface area contributed by atoms with Crippen LogP contribution in [0.15, 0.2) is 65.2 Å². The fourth-order valence-corrected chi connectivity index (χ4v) is 4.88. The van der Waals surface area contributed by atoms with E-state index in [1.54, 1.807) is 0 Å². The molecule has 1 atom stereocenters. The summed E-state index contributed by atoms with van der Waals surface area (Å²) in [7, 11) is -4.51. The van der Waals surface area contributed by atoms with E-state index in [4.69, 9.17) is 16.7 Å². The lowest BCUT2D eigenvalue weighted by Gasteiger charge is -2.19. The number of carboxylic acid groups (broad SMARTS) is 1. The summed E-state index contributed by atoms with van der Waals surface area (Å²) in [5.74, 6) is -4.36. The third kappa shape index (κ3) is 4.84. The molecule has 0 saturated heterocycles. The predicted molar refractivity (Wildman–Crippen MR) is 112 cm³/mol. The van der Waals surface area contributed by atoms with Gasteiger partial charge in [0.1, 0.15) is 22.7 Å². The van der Waals surface area contributed by atoms with Gasteiger partial charge in [-0.3, -0.25) is 4.98 Å². The van der Waals surface area contributed by atoms with Crippen LogP contribution in [-0.4, -0.2) is 24.5 Å². The molecular weight excluding hydrogens is 467 g/mol. The molecule has 166 valence electrons. The Morgan fingerprint density at radius 1 is 1.06 bits per heavy atom. The number of hydrogen-bond donors (Lipinski definition) is 1. The van der Waals surface area contributed by atoms with Crippen molar-refractivity contribution in [2.24, 2.45) is 0 Å². The summed E-state index contributed by atoms with van der Waals surface area (Å²) in [4.78, 5) is 14.5. The van der Waals surface area contributed by atoms with Gasteiger partial charge in [0.2, 0.25) is 0 Å². The Balaban J connectivity index is 2.24. The highest BCUT2D eigenvalue weighted by molar-refractivity contribution is 7.91. The molecule has 0 fully saturated rings. The molecule has 1 heterocycles. The number of carbonyl (C=O) groups is 1. The average molecular weight is 482 g/mol. The van der Waals surface area contributed by atoms with Crippen LogP contribution in [0.4, 0.5) is 13.2 Å². The molecule has 10 heteroatoms.